The van der Waals surface area contributed by atoms with E-state index in [0.29, 0.717) is 41.1 Å². The van der Waals surface area contributed by atoms with Gasteiger partial charge < -0.3 is 34.6 Å². The molecule has 0 unspecified atom stereocenters. The second-order valence-electron chi connectivity index (χ2n) is 7.19. The van der Waals surface area contributed by atoms with E-state index in [0.717, 1.165) is 19.6 Å². The Kier molecular flexibility index (Phi) is 13.9. The lowest BCUT2D eigenvalue weighted by atomic mass is 10.1. The number of rotatable bonds is 13. The molecule has 1 aromatic heterocycles. The van der Waals surface area contributed by atoms with Crippen molar-refractivity contribution in [1.82, 2.24) is 15.2 Å². The Morgan fingerprint density at radius 3 is 1.97 bits per heavy atom. The van der Waals surface area contributed by atoms with E-state index in [-0.39, 0.29) is 17.2 Å². The molecular formula is C24H32N4O9S. The zero-order valence-electron chi connectivity index (χ0n) is 21.8. The highest BCUT2D eigenvalue weighted by Gasteiger charge is 2.19. The van der Waals surface area contributed by atoms with Gasteiger partial charge in [-0.1, -0.05) is 13.8 Å². The highest BCUT2D eigenvalue weighted by Crippen LogP contribution is 2.35. The molecule has 2 aromatic rings. The van der Waals surface area contributed by atoms with Crippen LogP contribution in [0.25, 0.3) is 0 Å². The summed E-state index contributed by atoms with van der Waals surface area (Å²) in [7, 11) is 4.45. The van der Waals surface area contributed by atoms with E-state index in [9.17, 15) is 19.2 Å². The molecule has 0 aliphatic rings. The molecule has 1 aromatic carbocycles. The average molecular weight is 553 g/mol. The number of hydrogen-bond acceptors (Lipinski definition) is 10. The van der Waals surface area contributed by atoms with Gasteiger partial charge in [0.1, 0.15) is 11.4 Å². The summed E-state index contributed by atoms with van der Waals surface area (Å²) in [5.41, 5.74) is 0.518. The predicted molar refractivity (Wildman–Crippen MR) is 141 cm³/mol. The summed E-state index contributed by atoms with van der Waals surface area (Å²) in [6.07, 6.45) is 1.12. The lowest BCUT2D eigenvalue weighted by molar-refractivity contribution is -0.134. The first-order valence-corrected chi connectivity index (χ1v) is 12.2. The molecule has 0 bridgehead atoms. The van der Waals surface area contributed by atoms with Crippen molar-refractivity contribution in [2.75, 3.05) is 52.8 Å². The zero-order valence-corrected chi connectivity index (χ0v) is 22.6. The summed E-state index contributed by atoms with van der Waals surface area (Å²) >= 11 is 1.17. The van der Waals surface area contributed by atoms with Crippen LogP contribution in [0.1, 0.15) is 34.7 Å². The number of aromatic nitrogens is 1. The molecule has 208 valence electrons. The number of carbonyl (C=O) groups excluding carboxylic acids is 2. The van der Waals surface area contributed by atoms with Crippen LogP contribution in [0, 0.1) is 0 Å². The minimum absolute atomic E-state index is 0.258. The van der Waals surface area contributed by atoms with Crippen LogP contribution in [0.2, 0.25) is 0 Å². The van der Waals surface area contributed by atoms with Crippen molar-refractivity contribution in [2.45, 2.75) is 13.8 Å². The molecule has 0 atom stereocenters. The number of carbonyl (C=O) groups is 4. The number of ether oxygens (including phenoxy) is 3. The fourth-order valence-electron chi connectivity index (χ4n) is 2.91. The number of methoxy groups -OCH3 is 3. The van der Waals surface area contributed by atoms with E-state index in [1.54, 1.807) is 11.4 Å². The van der Waals surface area contributed by atoms with Crippen LogP contribution in [0.5, 0.6) is 17.2 Å². The Bertz CT molecular complexity index is 1110. The predicted octanol–water partition coefficient (Wildman–Crippen LogP) is 2.20. The van der Waals surface area contributed by atoms with E-state index < -0.39 is 17.8 Å². The van der Waals surface area contributed by atoms with Gasteiger partial charge in [0.05, 0.1) is 26.9 Å². The third kappa shape index (κ3) is 10.4. The Labute approximate surface area is 224 Å². The van der Waals surface area contributed by atoms with Gasteiger partial charge in [-0.15, -0.1) is 11.3 Å². The monoisotopic (exact) mass is 552 g/mol. The number of carboxylic acid groups (broad SMARTS) is 2. The fourth-order valence-corrected chi connectivity index (χ4v) is 3.59. The van der Waals surface area contributed by atoms with Crippen molar-refractivity contribution >= 4 is 40.2 Å². The summed E-state index contributed by atoms with van der Waals surface area (Å²) < 4.78 is 15.8. The quantitative estimate of drug-likeness (QED) is 0.268. The minimum atomic E-state index is -1.26. The molecule has 4 N–H and O–H groups in total. The van der Waals surface area contributed by atoms with E-state index >= 15 is 0 Å². The van der Waals surface area contributed by atoms with Gasteiger partial charge in [0.2, 0.25) is 0 Å². The maximum atomic E-state index is 12.7. The van der Waals surface area contributed by atoms with Gasteiger partial charge in [0, 0.05) is 42.8 Å². The van der Waals surface area contributed by atoms with E-state index in [2.05, 4.69) is 34.4 Å². The molecule has 38 heavy (non-hydrogen) atoms. The summed E-state index contributed by atoms with van der Waals surface area (Å²) in [6.45, 7) is 7.31. The highest BCUT2D eigenvalue weighted by atomic mass is 32.1. The van der Waals surface area contributed by atoms with Gasteiger partial charge in [-0.05, 0) is 13.1 Å². The third-order valence-electron chi connectivity index (χ3n) is 4.88. The molecule has 0 saturated heterocycles. The third-order valence-corrected chi connectivity index (χ3v) is 5.64. The average Bonchev–Trinajstić information content (AvgIpc) is 3.37. The number of amides is 2. The number of thiazole rings is 1. The van der Waals surface area contributed by atoms with Gasteiger partial charge in [-0.25, -0.2) is 14.6 Å². The van der Waals surface area contributed by atoms with Crippen molar-refractivity contribution in [2.24, 2.45) is 0 Å². The van der Waals surface area contributed by atoms with Crippen LogP contribution in [0.15, 0.2) is 29.7 Å². The minimum Gasteiger partial charge on any atom is -0.496 e. The van der Waals surface area contributed by atoms with Crippen LogP contribution in [-0.2, 0) is 9.59 Å². The lowest BCUT2D eigenvalue weighted by Crippen LogP contribution is -2.34. The molecule has 13 nitrogen and oxygen atoms in total. The molecular weight excluding hydrogens is 520 g/mol. The molecule has 2 amide bonds. The van der Waals surface area contributed by atoms with Gasteiger partial charge in [-0.3, -0.25) is 14.9 Å². The highest BCUT2D eigenvalue weighted by molar-refractivity contribution is 7.14. The van der Waals surface area contributed by atoms with Crippen LogP contribution in [0.4, 0.5) is 5.13 Å². The number of nitrogens with one attached hydrogen (secondary N) is 2. The van der Waals surface area contributed by atoms with Crippen LogP contribution >= 0.6 is 11.3 Å². The van der Waals surface area contributed by atoms with Crippen LogP contribution < -0.4 is 24.8 Å². The topological polar surface area (TPSA) is 177 Å². The van der Waals surface area contributed by atoms with Gasteiger partial charge >= 0.3 is 11.9 Å². The smallest absolute Gasteiger partial charge is 0.328 e. The Morgan fingerprint density at radius 1 is 0.921 bits per heavy atom. The first-order valence-electron chi connectivity index (χ1n) is 11.3. The lowest BCUT2D eigenvalue weighted by Gasteiger charge is -2.17. The molecule has 0 radical (unpaired) electrons. The summed E-state index contributed by atoms with van der Waals surface area (Å²) in [5.74, 6) is -2.05. The van der Waals surface area contributed by atoms with Crippen molar-refractivity contribution in [3.8, 4) is 17.2 Å². The van der Waals surface area contributed by atoms with E-state index in [1.807, 2.05) is 0 Å². The fraction of sp³-hybridized carbons (Fsp3) is 0.375. The maximum absolute atomic E-state index is 12.7. The second kappa shape index (κ2) is 16.6. The normalized spacial score (nSPS) is 10.4. The second-order valence-corrected chi connectivity index (χ2v) is 8.05. The van der Waals surface area contributed by atoms with Crippen molar-refractivity contribution in [3.63, 3.8) is 0 Å². The molecule has 1 heterocycles. The van der Waals surface area contributed by atoms with Gasteiger partial charge in [-0.2, -0.15) is 0 Å². The number of hydrogen-bond donors (Lipinski definition) is 4. The van der Waals surface area contributed by atoms with Crippen LogP contribution in [0.3, 0.4) is 0 Å². The van der Waals surface area contributed by atoms with Gasteiger partial charge in [0.15, 0.2) is 16.6 Å². The zero-order chi connectivity index (χ0) is 28.7. The largest absolute Gasteiger partial charge is 0.496 e. The number of likely N-dealkylation sites (N-methyl/N-ethyl adjacent to an activating group) is 1. The van der Waals surface area contributed by atoms with Crippen molar-refractivity contribution < 1.29 is 43.6 Å². The number of anilines is 1. The van der Waals surface area contributed by atoms with Crippen molar-refractivity contribution in [3.05, 3.63) is 40.9 Å². The molecule has 2 rings (SSSR count). The number of nitrogens with zero attached hydrogens (tertiary/aromatic N) is 2. The number of carboxylic acids is 2. The first-order chi connectivity index (χ1) is 18.1. The first kappa shape index (κ1) is 31.9. The van der Waals surface area contributed by atoms with E-state index in [4.69, 9.17) is 24.4 Å². The molecule has 0 spiro atoms. The standard InChI is InChI=1S/C20H28N4O5S.C4H4O4/c1-6-24(7-2)9-8-21-19(26)14-12-30-20(22-14)23-18(25)13-10-16(28-4)17(29-5)11-15(13)27-3;5-3(6)1-2-4(7)8/h10-12H,6-9H2,1-5H3,(H,21,26)(H,22,23,25);1-2H,(H,5,6)(H,7,8)/b;2-1-. The summed E-state index contributed by atoms with van der Waals surface area (Å²) in [4.78, 5) is 50.5. The molecule has 14 heteroatoms. The SMILES string of the molecule is CCN(CC)CCNC(=O)c1csc(NC(=O)c2cc(OC)c(OC)cc2OC)n1.O=C(O)/C=C\C(=O)O. The maximum Gasteiger partial charge on any atom is 0.328 e. The van der Waals surface area contributed by atoms with Crippen LogP contribution in [-0.4, -0.2) is 91.4 Å². The number of aliphatic carboxylic acids is 2. The van der Waals surface area contributed by atoms with Crippen molar-refractivity contribution in [1.29, 1.82) is 0 Å². The van der Waals surface area contributed by atoms with E-state index in [1.165, 1.54) is 38.7 Å². The Balaban J connectivity index is 0.000000781. The molecule has 0 aliphatic heterocycles. The molecule has 0 saturated carbocycles. The molecule has 0 fully saturated rings. The summed E-state index contributed by atoms with van der Waals surface area (Å²) in [5, 5.41) is 23.1. The Morgan fingerprint density at radius 2 is 1.47 bits per heavy atom. The van der Waals surface area contributed by atoms with Gasteiger partial charge in [0.25, 0.3) is 11.8 Å². The molecule has 0 aliphatic carbocycles. The Hall–Kier alpha value is -4.17. The number of benzene rings is 1. The summed E-state index contributed by atoms with van der Waals surface area (Å²) in [6, 6.07) is 3.10.